The molecule has 1 fully saturated rings. The minimum absolute atomic E-state index is 0.120. The largest absolute Gasteiger partial charge is 0.350 e. The summed E-state index contributed by atoms with van der Waals surface area (Å²) < 4.78 is 1.95. The number of aryl methyl sites for hydroxylation is 1. The van der Waals surface area contributed by atoms with Crippen LogP contribution in [0.15, 0.2) is 24.7 Å². The number of hydrogen-bond donors (Lipinski definition) is 1. The Balaban J connectivity index is 1.29. The predicted molar refractivity (Wildman–Crippen MR) is 102 cm³/mol. The number of carbonyl (C=O) groups excluding carboxylic acids is 2. The van der Waals surface area contributed by atoms with E-state index in [-0.39, 0.29) is 17.7 Å². The van der Waals surface area contributed by atoms with E-state index in [0.717, 1.165) is 42.8 Å². The molecule has 0 unspecified atom stereocenters. The summed E-state index contributed by atoms with van der Waals surface area (Å²) in [6, 6.07) is 2.00. The highest BCUT2D eigenvalue weighted by molar-refractivity contribution is 5.78. The van der Waals surface area contributed by atoms with Crippen LogP contribution in [0.1, 0.15) is 49.2 Å². The summed E-state index contributed by atoms with van der Waals surface area (Å²) >= 11 is 0. The number of hydrogen-bond acceptors (Lipinski definition) is 5. The van der Waals surface area contributed by atoms with Crippen LogP contribution in [0.5, 0.6) is 0 Å². The molecule has 1 aliphatic heterocycles. The normalized spacial score (nSPS) is 16.8. The van der Waals surface area contributed by atoms with Crippen molar-refractivity contribution in [2.75, 3.05) is 6.54 Å². The van der Waals surface area contributed by atoms with Gasteiger partial charge in [-0.2, -0.15) is 5.10 Å². The van der Waals surface area contributed by atoms with E-state index in [2.05, 4.69) is 20.4 Å². The molecule has 8 nitrogen and oxygen atoms in total. The summed E-state index contributed by atoms with van der Waals surface area (Å²) in [6.07, 6.45) is 10.3. The van der Waals surface area contributed by atoms with Crippen molar-refractivity contribution in [3.63, 3.8) is 0 Å². The SMILES string of the molecule is O=C(NCc1cc2n(n1)CCN(C(=O)CCc1cnccn1)C2)C1CCCC1. The van der Waals surface area contributed by atoms with Crippen molar-refractivity contribution in [1.29, 1.82) is 0 Å². The van der Waals surface area contributed by atoms with Gasteiger partial charge >= 0.3 is 0 Å². The topological polar surface area (TPSA) is 93.0 Å². The number of rotatable bonds is 6. The first-order valence-corrected chi connectivity index (χ1v) is 10.0. The van der Waals surface area contributed by atoms with Crippen molar-refractivity contribution in [3.05, 3.63) is 41.7 Å². The third-order valence-electron chi connectivity index (χ3n) is 5.58. The van der Waals surface area contributed by atoms with E-state index in [1.165, 1.54) is 0 Å². The maximum absolute atomic E-state index is 12.5. The first-order chi connectivity index (χ1) is 13.7. The van der Waals surface area contributed by atoms with E-state index >= 15 is 0 Å². The zero-order chi connectivity index (χ0) is 19.3. The molecule has 8 heteroatoms. The Bertz CT molecular complexity index is 828. The van der Waals surface area contributed by atoms with Crippen LogP contribution in [0.2, 0.25) is 0 Å². The lowest BCUT2D eigenvalue weighted by molar-refractivity contribution is -0.132. The number of nitrogens with one attached hydrogen (secondary N) is 1. The maximum atomic E-state index is 12.5. The van der Waals surface area contributed by atoms with Gasteiger partial charge in [0.25, 0.3) is 0 Å². The smallest absolute Gasteiger partial charge is 0.223 e. The highest BCUT2D eigenvalue weighted by atomic mass is 16.2. The minimum atomic E-state index is 0.120. The lowest BCUT2D eigenvalue weighted by Gasteiger charge is -2.27. The van der Waals surface area contributed by atoms with Crippen LogP contribution < -0.4 is 5.32 Å². The van der Waals surface area contributed by atoms with Crippen molar-refractivity contribution in [2.24, 2.45) is 5.92 Å². The summed E-state index contributed by atoms with van der Waals surface area (Å²) in [5, 5.41) is 7.60. The third kappa shape index (κ3) is 4.37. The van der Waals surface area contributed by atoms with Gasteiger partial charge in [0.1, 0.15) is 0 Å². The Morgan fingerprint density at radius 3 is 2.79 bits per heavy atom. The molecule has 28 heavy (non-hydrogen) atoms. The fourth-order valence-corrected chi connectivity index (χ4v) is 3.99. The van der Waals surface area contributed by atoms with E-state index in [1.807, 2.05) is 15.6 Å². The van der Waals surface area contributed by atoms with E-state index < -0.39 is 0 Å². The molecule has 1 aliphatic carbocycles. The monoisotopic (exact) mass is 382 g/mol. The quantitative estimate of drug-likeness (QED) is 0.816. The van der Waals surface area contributed by atoms with Gasteiger partial charge in [-0.25, -0.2) is 0 Å². The van der Waals surface area contributed by atoms with Gasteiger partial charge in [0.15, 0.2) is 0 Å². The van der Waals surface area contributed by atoms with Gasteiger partial charge < -0.3 is 10.2 Å². The van der Waals surface area contributed by atoms with Crippen LogP contribution in [0.25, 0.3) is 0 Å². The van der Waals surface area contributed by atoms with Crippen molar-refractivity contribution in [1.82, 2.24) is 30.0 Å². The molecule has 2 aliphatic rings. The van der Waals surface area contributed by atoms with Crippen molar-refractivity contribution >= 4 is 11.8 Å². The predicted octanol–water partition coefficient (Wildman–Crippen LogP) is 1.45. The molecular weight excluding hydrogens is 356 g/mol. The van der Waals surface area contributed by atoms with E-state index in [9.17, 15) is 9.59 Å². The average Bonchev–Trinajstić information content (AvgIpc) is 3.40. The van der Waals surface area contributed by atoms with Crippen LogP contribution in [-0.2, 0) is 35.6 Å². The molecule has 148 valence electrons. The van der Waals surface area contributed by atoms with Crippen LogP contribution in [0.3, 0.4) is 0 Å². The van der Waals surface area contributed by atoms with Gasteiger partial charge in [0.2, 0.25) is 11.8 Å². The molecule has 3 heterocycles. The Morgan fingerprint density at radius 2 is 2.00 bits per heavy atom. The van der Waals surface area contributed by atoms with Crippen molar-refractivity contribution in [2.45, 2.75) is 58.2 Å². The molecule has 1 saturated carbocycles. The van der Waals surface area contributed by atoms with Crippen LogP contribution in [-0.4, -0.2) is 43.0 Å². The summed E-state index contributed by atoms with van der Waals surface area (Å²) in [7, 11) is 0. The lowest BCUT2D eigenvalue weighted by Crippen LogP contribution is -2.38. The van der Waals surface area contributed by atoms with E-state index in [1.54, 1.807) is 18.6 Å². The molecule has 2 aromatic rings. The Morgan fingerprint density at radius 1 is 1.14 bits per heavy atom. The van der Waals surface area contributed by atoms with Gasteiger partial charge in [0, 0.05) is 37.5 Å². The van der Waals surface area contributed by atoms with Gasteiger partial charge in [-0.3, -0.25) is 24.2 Å². The summed E-state index contributed by atoms with van der Waals surface area (Å²) in [5.74, 6) is 0.429. The second-order valence-corrected chi connectivity index (χ2v) is 7.56. The zero-order valence-electron chi connectivity index (χ0n) is 16.0. The summed E-state index contributed by atoms with van der Waals surface area (Å²) in [6.45, 7) is 2.35. The number of aromatic nitrogens is 4. The fourth-order valence-electron chi connectivity index (χ4n) is 3.99. The molecule has 1 N–H and O–H groups in total. The fraction of sp³-hybridized carbons (Fsp3) is 0.550. The highest BCUT2D eigenvalue weighted by Gasteiger charge is 2.24. The van der Waals surface area contributed by atoms with Crippen LogP contribution in [0, 0.1) is 5.92 Å². The molecule has 0 bridgehead atoms. The first-order valence-electron chi connectivity index (χ1n) is 10.0. The van der Waals surface area contributed by atoms with Crippen molar-refractivity contribution < 1.29 is 9.59 Å². The van der Waals surface area contributed by atoms with Crippen LogP contribution in [0.4, 0.5) is 0 Å². The first kappa shape index (κ1) is 18.6. The average molecular weight is 382 g/mol. The number of amides is 2. The molecular formula is C20H26N6O2. The number of fused-ring (bicyclic) bond motifs is 1. The maximum Gasteiger partial charge on any atom is 0.223 e. The second-order valence-electron chi connectivity index (χ2n) is 7.56. The summed E-state index contributed by atoms with van der Waals surface area (Å²) in [4.78, 5) is 34.8. The molecule has 0 saturated heterocycles. The molecule has 4 rings (SSSR count). The minimum Gasteiger partial charge on any atom is -0.350 e. The third-order valence-corrected chi connectivity index (χ3v) is 5.58. The van der Waals surface area contributed by atoms with Crippen molar-refractivity contribution in [3.8, 4) is 0 Å². The molecule has 0 spiro atoms. The van der Waals surface area contributed by atoms with Crippen LogP contribution >= 0.6 is 0 Å². The van der Waals surface area contributed by atoms with Gasteiger partial charge in [-0.1, -0.05) is 12.8 Å². The second kappa shape index (κ2) is 8.50. The number of carbonyl (C=O) groups is 2. The molecule has 2 aromatic heterocycles. The van der Waals surface area contributed by atoms with Gasteiger partial charge in [0.05, 0.1) is 36.7 Å². The molecule has 0 radical (unpaired) electrons. The standard InChI is InChI=1S/C20H26N6O2/c27-19(6-5-16-12-21-7-8-22-16)25-9-10-26-18(14-25)11-17(24-26)13-23-20(28)15-3-1-2-4-15/h7-8,11-12,15H,1-6,9-10,13-14H2,(H,23,28). The Kier molecular flexibility index (Phi) is 5.64. The van der Waals surface area contributed by atoms with E-state index in [4.69, 9.17) is 0 Å². The zero-order valence-corrected chi connectivity index (χ0v) is 16.0. The summed E-state index contributed by atoms with van der Waals surface area (Å²) in [5.41, 5.74) is 2.71. The molecule has 2 amide bonds. The van der Waals surface area contributed by atoms with Gasteiger partial charge in [-0.05, 0) is 25.3 Å². The Labute approximate surface area is 164 Å². The molecule has 0 atom stereocenters. The van der Waals surface area contributed by atoms with E-state index in [0.29, 0.717) is 39.0 Å². The number of nitrogens with zero attached hydrogens (tertiary/aromatic N) is 5. The van der Waals surface area contributed by atoms with Gasteiger partial charge in [-0.15, -0.1) is 0 Å². The highest BCUT2D eigenvalue weighted by Crippen LogP contribution is 2.24. The molecule has 0 aromatic carbocycles. The lowest BCUT2D eigenvalue weighted by atomic mass is 10.1. The Hall–Kier alpha value is -2.77.